The van der Waals surface area contributed by atoms with Gasteiger partial charge in [0.05, 0.1) is 5.58 Å². The number of hydrogen-bond donors (Lipinski definition) is 0. The van der Waals surface area contributed by atoms with E-state index in [-0.39, 0.29) is 58.8 Å². The minimum absolute atomic E-state index is 0. The molecule has 3 heterocycles. The van der Waals surface area contributed by atoms with Gasteiger partial charge in [-0.3, -0.25) is 0 Å². The van der Waals surface area contributed by atoms with Crippen LogP contribution in [0.2, 0.25) is 0 Å². The number of aromatic nitrogens is 2. The smallest absolute Gasteiger partial charge is 0.120 e. The number of nitrogens with zero attached hydrogens (tertiary/aromatic N) is 2. The van der Waals surface area contributed by atoms with Crippen LogP contribution in [0.5, 0.6) is 0 Å². The fourth-order valence-corrected chi connectivity index (χ4v) is 6.84. The van der Waals surface area contributed by atoms with Crippen LogP contribution in [-0.4, -0.2) is 9.97 Å². The van der Waals surface area contributed by atoms with Gasteiger partial charge in [-0.2, -0.15) is 0 Å². The van der Waals surface area contributed by atoms with Crippen molar-refractivity contribution in [1.29, 1.82) is 0 Å². The summed E-state index contributed by atoms with van der Waals surface area (Å²) in [6.45, 7) is 1.21. The van der Waals surface area contributed by atoms with Crippen LogP contribution in [0.4, 0.5) is 0 Å². The Morgan fingerprint density at radius 3 is 2.22 bits per heavy atom. The van der Waals surface area contributed by atoms with E-state index in [0.717, 1.165) is 24.1 Å². The standard InChI is InChI=1S/C34H34NO.C16H18N.Ir/c1-21-9-12-32-30(17-21)27-7-6-8-28(33(27)36-32)31-19-29(23(3)20-35-31)26-11-10-25(18-22(26)2)24-13-15-34(4,5)16-14-24;1-12-5-7-13(8-6-12)15-10-9-14(11-17-15)16(2,3)4;/h6-7,9-12,17-20,24H,13-16H2,1-5H3;5-7,9-11H,1-4H3;/q2*-1;/i1D3,2D3,3D3,24D;1D3;. The molecule has 279 valence electrons. The molecule has 1 aliphatic carbocycles. The quantitative estimate of drug-likeness (QED) is 0.165. The molecule has 0 N–H and O–H groups in total. The van der Waals surface area contributed by atoms with Crippen LogP contribution >= 0.6 is 0 Å². The van der Waals surface area contributed by atoms with Crippen LogP contribution in [0.15, 0.2) is 102 Å². The van der Waals surface area contributed by atoms with Gasteiger partial charge in [0.2, 0.25) is 0 Å². The maximum Gasteiger partial charge on any atom is 0.120 e. The zero-order valence-corrected chi connectivity index (χ0v) is 33.6. The van der Waals surface area contributed by atoms with Crippen molar-refractivity contribution in [2.24, 2.45) is 5.41 Å². The molecule has 0 spiro atoms. The molecule has 1 fully saturated rings. The fourth-order valence-electron chi connectivity index (χ4n) is 6.84. The van der Waals surface area contributed by atoms with Crippen LogP contribution in [0.25, 0.3) is 55.6 Å². The Morgan fingerprint density at radius 2 is 1.54 bits per heavy atom. The molecule has 4 heteroatoms. The Hall–Kier alpha value is -4.37. The first-order valence-corrected chi connectivity index (χ1v) is 18.0. The maximum atomic E-state index is 9.24. The van der Waals surface area contributed by atoms with Crippen molar-refractivity contribution in [1.82, 2.24) is 9.97 Å². The summed E-state index contributed by atoms with van der Waals surface area (Å²) < 4.78 is 111. The van der Waals surface area contributed by atoms with E-state index in [4.69, 9.17) is 20.9 Å². The van der Waals surface area contributed by atoms with Gasteiger partial charge in [-0.1, -0.05) is 100 Å². The van der Waals surface area contributed by atoms with E-state index in [1.807, 2.05) is 18.3 Å². The topological polar surface area (TPSA) is 38.9 Å². The molecule has 1 aliphatic rings. The third-order valence-electron chi connectivity index (χ3n) is 10.2. The number of hydrogen-bond acceptors (Lipinski definition) is 3. The van der Waals surface area contributed by atoms with Gasteiger partial charge in [0.25, 0.3) is 0 Å². The molecule has 8 rings (SSSR count). The third-order valence-corrected chi connectivity index (χ3v) is 10.2. The molecule has 54 heavy (non-hydrogen) atoms. The molecule has 0 unspecified atom stereocenters. The number of fused-ring (bicyclic) bond motifs is 3. The Bertz CT molecular complexity index is 2820. The van der Waals surface area contributed by atoms with E-state index in [0.29, 0.717) is 57.2 Å². The van der Waals surface area contributed by atoms with E-state index in [1.165, 1.54) is 23.9 Å². The van der Waals surface area contributed by atoms with Gasteiger partial charge in [-0.25, -0.2) is 0 Å². The number of rotatable bonds is 4. The Balaban J connectivity index is 0.000000296. The molecular weight excluding hydrogens is 837 g/mol. The van der Waals surface area contributed by atoms with Crippen molar-refractivity contribution in [3.63, 3.8) is 0 Å². The van der Waals surface area contributed by atoms with Gasteiger partial charge in [-0.05, 0) is 120 Å². The van der Waals surface area contributed by atoms with Gasteiger partial charge in [0.1, 0.15) is 5.58 Å². The molecule has 0 aliphatic heterocycles. The normalized spacial score (nSPS) is 19.5. The minimum atomic E-state index is -2.60. The predicted molar refractivity (Wildman–Crippen MR) is 222 cm³/mol. The zero-order chi connectivity index (χ0) is 48.4. The molecule has 0 atom stereocenters. The summed E-state index contributed by atoms with van der Waals surface area (Å²) in [5.74, 6) is -0.935. The zero-order valence-electron chi connectivity index (χ0n) is 44.2. The molecule has 4 aromatic carbocycles. The minimum Gasteiger partial charge on any atom is -0.501 e. The first-order chi connectivity index (χ1) is 30.4. The van der Waals surface area contributed by atoms with E-state index in [1.54, 1.807) is 60.7 Å². The summed E-state index contributed by atoms with van der Waals surface area (Å²) in [6.07, 6.45) is 6.00. The third kappa shape index (κ3) is 8.46. The molecule has 0 bridgehead atoms. The van der Waals surface area contributed by atoms with Crippen LogP contribution in [-0.2, 0) is 25.5 Å². The van der Waals surface area contributed by atoms with Crippen LogP contribution < -0.4 is 0 Å². The van der Waals surface area contributed by atoms with Crippen molar-refractivity contribution in [2.45, 2.75) is 99.0 Å². The van der Waals surface area contributed by atoms with Crippen LogP contribution in [0.3, 0.4) is 0 Å². The average molecular weight is 902 g/mol. The maximum absolute atomic E-state index is 9.24. The Morgan fingerprint density at radius 1 is 0.759 bits per heavy atom. The molecule has 1 saturated carbocycles. The second kappa shape index (κ2) is 15.8. The SMILES string of the molecule is [2H]C([2H])([2H])c1c[c-]c(-c2ccc(C(C)(C)C)cn2)cc1.[2H]C([2H])([2H])c1ccc2oc3c(-c4cc(-c5ccc(C6([2H])CCC(C)(C)CC6)cc5C([2H])([2H])[2H])c(C([2H])([2H])[2H])cn4)[c-]ccc3c2c1.[Ir]. The van der Waals surface area contributed by atoms with Gasteiger partial charge in [-0.15, -0.1) is 53.6 Å². The van der Waals surface area contributed by atoms with E-state index >= 15 is 0 Å². The Labute approximate surface area is 354 Å². The first-order valence-electron chi connectivity index (χ1n) is 24.5. The summed E-state index contributed by atoms with van der Waals surface area (Å²) in [7, 11) is 0. The molecule has 0 amide bonds. The van der Waals surface area contributed by atoms with E-state index in [2.05, 4.69) is 56.7 Å². The predicted octanol–water partition coefficient (Wildman–Crippen LogP) is 13.9. The van der Waals surface area contributed by atoms with Crippen molar-refractivity contribution in [2.75, 3.05) is 0 Å². The summed E-state index contributed by atoms with van der Waals surface area (Å²) in [5, 5.41) is 1.25. The fraction of sp³-hybridized carbons (Fsp3) is 0.320. The second-order valence-electron chi connectivity index (χ2n) is 15.7. The van der Waals surface area contributed by atoms with Gasteiger partial charge in [0.15, 0.2) is 0 Å². The number of pyridine rings is 2. The molecule has 0 saturated heterocycles. The number of aryl methyl sites for hydroxylation is 4. The average Bonchev–Trinajstić information content (AvgIpc) is 3.62. The first kappa shape index (κ1) is 25.7. The van der Waals surface area contributed by atoms with Crippen LogP contribution in [0.1, 0.15) is 117 Å². The van der Waals surface area contributed by atoms with Crippen LogP contribution in [0, 0.1) is 45.0 Å². The number of benzene rings is 4. The molecule has 3 nitrogen and oxygen atoms in total. The summed E-state index contributed by atoms with van der Waals surface area (Å²) in [6, 6.07) is 29.6. The van der Waals surface area contributed by atoms with Crippen molar-refractivity contribution >= 4 is 21.9 Å². The summed E-state index contributed by atoms with van der Waals surface area (Å²) in [4.78, 5) is 8.91. The van der Waals surface area contributed by atoms with Gasteiger partial charge in [0, 0.05) is 55.7 Å². The van der Waals surface area contributed by atoms with E-state index in [9.17, 15) is 1.37 Å². The molecule has 1 radical (unpaired) electrons. The summed E-state index contributed by atoms with van der Waals surface area (Å²) >= 11 is 0. The molecule has 3 aromatic heterocycles. The largest absolute Gasteiger partial charge is 0.501 e. The van der Waals surface area contributed by atoms with Crippen molar-refractivity contribution in [3.05, 3.63) is 143 Å². The van der Waals surface area contributed by atoms with Gasteiger partial charge < -0.3 is 14.4 Å². The van der Waals surface area contributed by atoms with Crippen molar-refractivity contribution < 1.29 is 42.3 Å². The second-order valence-corrected chi connectivity index (χ2v) is 15.7. The van der Waals surface area contributed by atoms with Gasteiger partial charge >= 0.3 is 0 Å². The molecular formula is C50H52IrN2O-2. The summed E-state index contributed by atoms with van der Waals surface area (Å²) in [5.41, 5.74) is 5.95. The monoisotopic (exact) mass is 902 g/mol. The molecule has 7 aromatic rings. The van der Waals surface area contributed by atoms with Crippen molar-refractivity contribution in [3.8, 4) is 33.6 Å². The van der Waals surface area contributed by atoms with E-state index < -0.39 is 33.3 Å². The Kier molecular flexibility index (Phi) is 7.50. The number of furan rings is 1.